The minimum Gasteiger partial charge on any atom is -0.294 e. The van der Waals surface area contributed by atoms with Crippen molar-refractivity contribution in [2.75, 3.05) is 0 Å². The fourth-order valence-corrected chi connectivity index (χ4v) is 2.23. The van der Waals surface area contributed by atoms with E-state index in [1.165, 1.54) is 17.4 Å². The van der Waals surface area contributed by atoms with E-state index in [1.807, 2.05) is 6.92 Å². The van der Waals surface area contributed by atoms with Crippen LogP contribution in [-0.2, 0) is 6.42 Å². The first-order chi connectivity index (χ1) is 8.06. The standard InChI is InChI=1S/C13H10F2OS/c1-8-4-10(7-17-8)13(16)6-9-2-3-11(14)12(15)5-9/h2-5,7H,6H2,1H3. The van der Waals surface area contributed by atoms with E-state index >= 15 is 0 Å². The highest BCUT2D eigenvalue weighted by molar-refractivity contribution is 7.10. The predicted molar refractivity (Wildman–Crippen MR) is 63.4 cm³/mol. The molecule has 0 amide bonds. The van der Waals surface area contributed by atoms with E-state index in [4.69, 9.17) is 0 Å². The van der Waals surface area contributed by atoms with Crippen molar-refractivity contribution < 1.29 is 13.6 Å². The maximum absolute atomic E-state index is 13.0. The Morgan fingerprint density at radius 1 is 1.24 bits per heavy atom. The lowest BCUT2D eigenvalue weighted by molar-refractivity contribution is 0.0993. The fraction of sp³-hybridized carbons (Fsp3) is 0.154. The number of hydrogen-bond donors (Lipinski definition) is 0. The van der Waals surface area contributed by atoms with Gasteiger partial charge in [-0.05, 0) is 30.7 Å². The third-order valence-corrected chi connectivity index (χ3v) is 3.26. The monoisotopic (exact) mass is 252 g/mol. The summed E-state index contributed by atoms with van der Waals surface area (Å²) in [6.45, 7) is 1.92. The highest BCUT2D eigenvalue weighted by Crippen LogP contribution is 2.16. The van der Waals surface area contributed by atoms with E-state index in [2.05, 4.69) is 0 Å². The molecule has 4 heteroatoms. The maximum Gasteiger partial charge on any atom is 0.168 e. The third-order valence-electron chi connectivity index (χ3n) is 2.40. The lowest BCUT2D eigenvalue weighted by Crippen LogP contribution is -2.02. The molecule has 0 spiro atoms. The van der Waals surface area contributed by atoms with Gasteiger partial charge < -0.3 is 0 Å². The van der Waals surface area contributed by atoms with Crippen LogP contribution in [0, 0.1) is 18.6 Å². The highest BCUT2D eigenvalue weighted by atomic mass is 32.1. The SMILES string of the molecule is Cc1cc(C(=O)Cc2ccc(F)c(F)c2)cs1. The Labute approximate surface area is 102 Å². The molecule has 88 valence electrons. The normalized spacial score (nSPS) is 10.5. The third kappa shape index (κ3) is 2.77. The molecule has 1 aromatic carbocycles. The van der Waals surface area contributed by atoms with Crippen LogP contribution in [0.2, 0.25) is 0 Å². The Kier molecular flexibility index (Phi) is 3.33. The number of halogens is 2. The quantitative estimate of drug-likeness (QED) is 0.760. The summed E-state index contributed by atoms with van der Waals surface area (Å²) in [7, 11) is 0. The highest BCUT2D eigenvalue weighted by Gasteiger charge is 2.10. The molecule has 0 radical (unpaired) electrons. The van der Waals surface area contributed by atoms with Crippen LogP contribution in [0.3, 0.4) is 0 Å². The number of hydrogen-bond acceptors (Lipinski definition) is 2. The van der Waals surface area contributed by atoms with Crippen molar-refractivity contribution in [3.05, 3.63) is 57.3 Å². The van der Waals surface area contributed by atoms with Gasteiger partial charge in [0.1, 0.15) is 0 Å². The van der Waals surface area contributed by atoms with E-state index in [0.29, 0.717) is 11.1 Å². The van der Waals surface area contributed by atoms with E-state index < -0.39 is 11.6 Å². The Morgan fingerprint density at radius 2 is 2.00 bits per heavy atom. The molecule has 1 aromatic heterocycles. The van der Waals surface area contributed by atoms with Crippen LogP contribution in [-0.4, -0.2) is 5.78 Å². The maximum atomic E-state index is 13.0. The number of carbonyl (C=O) groups excluding carboxylic acids is 1. The second kappa shape index (κ2) is 4.75. The number of Topliss-reactive ketones (excluding diaryl/α,β-unsaturated/α-hetero) is 1. The molecule has 2 aromatic rings. The van der Waals surface area contributed by atoms with E-state index in [-0.39, 0.29) is 12.2 Å². The molecule has 0 saturated carbocycles. The predicted octanol–water partition coefficient (Wildman–Crippen LogP) is 3.76. The molecular formula is C13H10F2OS. The Balaban J connectivity index is 2.15. The zero-order chi connectivity index (χ0) is 12.4. The summed E-state index contributed by atoms with van der Waals surface area (Å²) in [5, 5.41) is 1.78. The van der Waals surface area contributed by atoms with Crippen LogP contribution in [0.25, 0.3) is 0 Å². The van der Waals surface area contributed by atoms with Crippen molar-refractivity contribution in [2.45, 2.75) is 13.3 Å². The first kappa shape index (κ1) is 11.9. The van der Waals surface area contributed by atoms with Gasteiger partial charge in [-0.1, -0.05) is 6.07 Å². The zero-order valence-corrected chi connectivity index (χ0v) is 9.98. The second-order valence-electron chi connectivity index (χ2n) is 3.79. The van der Waals surface area contributed by atoms with Crippen LogP contribution in [0.5, 0.6) is 0 Å². The summed E-state index contributed by atoms with van der Waals surface area (Å²) in [6.07, 6.45) is 0.0906. The van der Waals surface area contributed by atoms with Crippen LogP contribution in [0.4, 0.5) is 8.78 Å². The summed E-state index contributed by atoms with van der Waals surface area (Å²) in [4.78, 5) is 12.9. The van der Waals surface area contributed by atoms with Gasteiger partial charge >= 0.3 is 0 Å². The topological polar surface area (TPSA) is 17.1 Å². The Bertz CT molecular complexity index is 560. The van der Waals surface area contributed by atoms with Crippen molar-refractivity contribution in [3.63, 3.8) is 0 Å². The van der Waals surface area contributed by atoms with Crippen LogP contribution < -0.4 is 0 Å². The van der Waals surface area contributed by atoms with Crippen LogP contribution in [0.15, 0.2) is 29.6 Å². The lowest BCUT2D eigenvalue weighted by Gasteiger charge is -2.00. The van der Waals surface area contributed by atoms with Crippen molar-refractivity contribution >= 4 is 17.1 Å². The molecule has 0 aliphatic rings. The molecule has 0 aliphatic heterocycles. The molecular weight excluding hydrogens is 242 g/mol. The molecule has 0 unspecified atom stereocenters. The Morgan fingerprint density at radius 3 is 2.59 bits per heavy atom. The first-order valence-corrected chi connectivity index (χ1v) is 5.96. The van der Waals surface area contributed by atoms with Gasteiger partial charge in [-0.3, -0.25) is 4.79 Å². The summed E-state index contributed by atoms with van der Waals surface area (Å²) >= 11 is 1.49. The molecule has 1 nitrogen and oxygen atoms in total. The van der Waals surface area contributed by atoms with E-state index in [1.54, 1.807) is 11.4 Å². The number of thiophene rings is 1. The van der Waals surface area contributed by atoms with Gasteiger partial charge in [-0.2, -0.15) is 0 Å². The van der Waals surface area contributed by atoms with Crippen LogP contribution >= 0.6 is 11.3 Å². The Hall–Kier alpha value is -1.55. The summed E-state index contributed by atoms with van der Waals surface area (Å²) < 4.78 is 25.7. The van der Waals surface area contributed by atoms with Gasteiger partial charge in [0.05, 0.1) is 0 Å². The van der Waals surface area contributed by atoms with Gasteiger partial charge in [0.15, 0.2) is 17.4 Å². The van der Waals surface area contributed by atoms with Crippen molar-refractivity contribution in [3.8, 4) is 0 Å². The molecule has 1 heterocycles. The van der Waals surface area contributed by atoms with Gasteiger partial charge in [0, 0.05) is 22.2 Å². The largest absolute Gasteiger partial charge is 0.294 e. The van der Waals surface area contributed by atoms with Crippen molar-refractivity contribution in [2.24, 2.45) is 0 Å². The van der Waals surface area contributed by atoms with Gasteiger partial charge in [0.2, 0.25) is 0 Å². The van der Waals surface area contributed by atoms with Gasteiger partial charge in [-0.25, -0.2) is 8.78 Å². The summed E-state index contributed by atoms with van der Waals surface area (Å²) in [5.41, 5.74) is 1.11. The van der Waals surface area contributed by atoms with Crippen molar-refractivity contribution in [1.29, 1.82) is 0 Å². The summed E-state index contributed by atoms with van der Waals surface area (Å²) in [6, 6.07) is 5.33. The minimum atomic E-state index is -0.920. The second-order valence-corrected chi connectivity index (χ2v) is 4.91. The molecule has 0 saturated heterocycles. The number of aryl methyl sites for hydroxylation is 1. The molecule has 0 aliphatic carbocycles. The number of carbonyl (C=O) groups is 1. The molecule has 0 atom stereocenters. The molecule has 2 rings (SSSR count). The number of ketones is 1. The van der Waals surface area contributed by atoms with Crippen molar-refractivity contribution in [1.82, 2.24) is 0 Å². The van der Waals surface area contributed by atoms with E-state index in [9.17, 15) is 13.6 Å². The molecule has 17 heavy (non-hydrogen) atoms. The molecule has 0 bridgehead atoms. The fourth-order valence-electron chi connectivity index (χ4n) is 1.53. The van der Waals surface area contributed by atoms with Crippen LogP contribution in [0.1, 0.15) is 20.8 Å². The van der Waals surface area contributed by atoms with Gasteiger partial charge in [-0.15, -0.1) is 11.3 Å². The average Bonchev–Trinajstić information content (AvgIpc) is 2.70. The lowest BCUT2D eigenvalue weighted by atomic mass is 10.1. The smallest absolute Gasteiger partial charge is 0.168 e. The molecule has 0 fully saturated rings. The van der Waals surface area contributed by atoms with E-state index in [0.717, 1.165) is 17.0 Å². The van der Waals surface area contributed by atoms with Gasteiger partial charge in [0.25, 0.3) is 0 Å². The minimum absolute atomic E-state index is 0.0830. The number of benzene rings is 1. The summed E-state index contributed by atoms with van der Waals surface area (Å²) in [5.74, 6) is -1.90. The average molecular weight is 252 g/mol. The zero-order valence-electron chi connectivity index (χ0n) is 9.17. The first-order valence-electron chi connectivity index (χ1n) is 5.08. The number of rotatable bonds is 3. The molecule has 0 N–H and O–H groups in total.